The topological polar surface area (TPSA) is 156 Å². The molecule has 0 radical (unpaired) electrons. The highest BCUT2D eigenvalue weighted by atomic mass is 16.6. The molecule has 12 heteroatoms. The Balaban J connectivity index is 1.63. The van der Waals surface area contributed by atoms with Crippen molar-refractivity contribution in [1.82, 2.24) is 25.2 Å². The zero-order valence-corrected chi connectivity index (χ0v) is 14.8. The number of nitrogens with zero attached hydrogens (tertiary/aromatic N) is 7. The second-order valence-electron chi connectivity index (χ2n) is 5.93. The summed E-state index contributed by atoms with van der Waals surface area (Å²) in [5.41, 5.74) is 1.98. The minimum atomic E-state index is -0.497. The molecule has 0 aliphatic carbocycles. The molecule has 29 heavy (non-hydrogen) atoms. The first-order valence-corrected chi connectivity index (χ1v) is 8.20. The third-order valence-electron chi connectivity index (χ3n) is 4.15. The third-order valence-corrected chi connectivity index (χ3v) is 4.15. The van der Waals surface area contributed by atoms with Gasteiger partial charge in [0, 0.05) is 29.8 Å². The average molecular weight is 393 g/mol. The van der Waals surface area contributed by atoms with Gasteiger partial charge in [0.25, 0.3) is 17.3 Å². The fraction of sp³-hybridized carbons (Fsp3) is 0.0588. The minimum absolute atomic E-state index is 0.0311. The molecular weight excluding hydrogens is 382 g/mol. The maximum Gasteiger partial charge on any atom is 0.270 e. The summed E-state index contributed by atoms with van der Waals surface area (Å²) in [7, 11) is 0. The number of rotatable bonds is 5. The highest BCUT2D eigenvalue weighted by Crippen LogP contribution is 2.27. The molecule has 0 aliphatic heterocycles. The van der Waals surface area contributed by atoms with Gasteiger partial charge in [-0.3, -0.25) is 20.2 Å². The summed E-state index contributed by atoms with van der Waals surface area (Å²) in [5, 5.41) is 37.6. The zero-order chi connectivity index (χ0) is 20.5. The number of aromatic nitrogens is 5. The van der Waals surface area contributed by atoms with E-state index in [0.29, 0.717) is 22.6 Å². The van der Waals surface area contributed by atoms with E-state index in [4.69, 9.17) is 4.42 Å². The van der Waals surface area contributed by atoms with Crippen LogP contribution in [0.15, 0.2) is 52.9 Å². The summed E-state index contributed by atoms with van der Waals surface area (Å²) in [5.74, 6) is 0.309. The molecule has 0 fully saturated rings. The van der Waals surface area contributed by atoms with Crippen LogP contribution in [0, 0.1) is 27.2 Å². The Morgan fingerprint density at radius 3 is 1.97 bits per heavy atom. The maximum absolute atomic E-state index is 10.8. The van der Waals surface area contributed by atoms with Gasteiger partial charge in [-0.15, -0.1) is 15.3 Å². The Morgan fingerprint density at radius 1 is 0.828 bits per heavy atom. The van der Waals surface area contributed by atoms with Crippen LogP contribution in [0.25, 0.3) is 28.7 Å². The van der Waals surface area contributed by atoms with E-state index in [1.165, 1.54) is 41.1 Å². The second kappa shape index (κ2) is 6.92. The van der Waals surface area contributed by atoms with Gasteiger partial charge in [0.15, 0.2) is 5.69 Å². The van der Waals surface area contributed by atoms with E-state index in [0.717, 1.165) is 0 Å². The van der Waals surface area contributed by atoms with Crippen LogP contribution in [0.4, 0.5) is 11.4 Å². The molecule has 0 N–H and O–H groups in total. The highest BCUT2D eigenvalue weighted by Gasteiger charge is 2.19. The van der Waals surface area contributed by atoms with Crippen LogP contribution in [0.3, 0.4) is 0 Å². The molecule has 0 aliphatic rings. The van der Waals surface area contributed by atoms with Gasteiger partial charge in [0.2, 0.25) is 5.89 Å². The number of hydrogen-bond acceptors (Lipinski definition) is 9. The molecule has 2 aromatic heterocycles. The lowest BCUT2D eigenvalue weighted by atomic mass is 10.2. The van der Waals surface area contributed by atoms with Crippen molar-refractivity contribution in [2.24, 2.45) is 0 Å². The van der Waals surface area contributed by atoms with Crippen LogP contribution in [0.5, 0.6) is 0 Å². The molecule has 2 aromatic carbocycles. The molecule has 0 atom stereocenters. The van der Waals surface area contributed by atoms with E-state index < -0.39 is 9.85 Å². The van der Waals surface area contributed by atoms with Gasteiger partial charge in [-0.25, -0.2) is 4.68 Å². The molecule has 144 valence electrons. The van der Waals surface area contributed by atoms with Crippen LogP contribution in [0.1, 0.15) is 5.69 Å². The Labute approximate surface area is 161 Å². The molecule has 0 spiro atoms. The van der Waals surface area contributed by atoms with Crippen molar-refractivity contribution in [3.05, 3.63) is 74.5 Å². The van der Waals surface area contributed by atoms with Crippen LogP contribution in [0.2, 0.25) is 0 Å². The Hall–Kier alpha value is -4.48. The van der Waals surface area contributed by atoms with Crippen LogP contribution < -0.4 is 0 Å². The van der Waals surface area contributed by atoms with E-state index in [9.17, 15) is 20.2 Å². The third kappa shape index (κ3) is 3.29. The Morgan fingerprint density at radius 2 is 1.38 bits per heavy atom. The number of non-ortho nitro benzene ring substituents is 2. The first-order valence-electron chi connectivity index (χ1n) is 8.20. The highest BCUT2D eigenvalue weighted by molar-refractivity contribution is 5.58. The summed E-state index contributed by atoms with van der Waals surface area (Å²) in [6.07, 6.45) is 0. The second-order valence-corrected chi connectivity index (χ2v) is 5.93. The number of nitro benzene ring substituents is 2. The van der Waals surface area contributed by atoms with E-state index in [1.807, 2.05) is 0 Å². The maximum atomic E-state index is 10.8. The van der Waals surface area contributed by atoms with Crippen molar-refractivity contribution < 1.29 is 14.3 Å². The van der Waals surface area contributed by atoms with Crippen molar-refractivity contribution >= 4 is 11.4 Å². The average Bonchev–Trinajstić information content (AvgIpc) is 3.35. The van der Waals surface area contributed by atoms with E-state index in [-0.39, 0.29) is 23.2 Å². The van der Waals surface area contributed by atoms with E-state index in [2.05, 4.69) is 20.5 Å². The van der Waals surface area contributed by atoms with Gasteiger partial charge in [-0.1, -0.05) is 5.21 Å². The summed E-state index contributed by atoms with van der Waals surface area (Å²) < 4.78 is 7.13. The largest absolute Gasteiger partial charge is 0.414 e. The first-order chi connectivity index (χ1) is 13.9. The van der Waals surface area contributed by atoms with Gasteiger partial charge in [0.1, 0.15) is 0 Å². The van der Waals surface area contributed by atoms with Gasteiger partial charge in [-0.05, 0) is 31.2 Å². The van der Waals surface area contributed by atoms with Crippen molar-refractivity contribution in [2.75, 3.05) is 0 Å². The molecule has 0 amide bonds. The summed E-state index contributed by atoms with van der Waals surface area (Å²) in [6.45, 7) is 1.74. The fourth-order valence-electron chi connectivity index (χ4n) is 2.65. The quantitative estimate of drug-likeness (QED) is 0.367. The standard InChI is InChI=1S/C17H11N7O5/c1-10-15(18-21-22(10)12-6-8-14(9-7-12)24(27)28)17-20-19-16(29-17)11-2-4-13(5-3-11)23(25)26/h2-9H,1H3. The van der Waals surface area contributed by atoms with E-state index in [1.54, 1.807) is 19.1 Å². The number of nitro groups is 2. The zero-order valence-electron chi connectivity index (χ0n) is 14.8. The molecule has 0 bridgehead atoms. The lowest BCUT2D eigenvalue weighted by Crippen LogP contribution is -1.99. The molecule has 4 rings (SSSR count). The summed E-state index contributed by atoms with van der Waals surface area (Å²) in [4.78, 5) is 20.6. The molecule has 0 saturated heterocycles. The van der Waals surface area contributed by atoms with Crippen molar-refractivity contribution in [2.45, 2.75) is 6.92 Å². The predicted octanol–water partition coefficient (Wildman–Crippen LogP) is 3.11. The van der Waals surface area contributed by atoms with Gasteiger partial charge >= 0.3 is 0 Å². The lowest BCUT2D eigenvalue weighted by molar-refractivity contribution is -0.385. The summed E-state index contributed by atoms with van der Waals surface area (Å²) >= 11 is 0. The SMILES string of the molecule is Cc1c(-c2nnc(-c3ccc([N+](=O)[O-])cc3)o2)nnn1-c1ccc([N+](=O)[O-])cc1. The normalized spacial score (nSPS) is 10.8. The monoisotopic (exact) mass is 393 g/mol. The van der Waals surface area contributed by atoms with Crippen molar-refractivity contribution in [1.29, 1.82) is 0 Å². The van der Waals surface area contributed by atoms with Crippen molar-refractivity contribution in [3.8, 4) is 28.7 Å². The Bertz CT molecular complexity index is 1210. The molecule has 0 saturated carbocycles. The predicted molar refractivity (Wildman–Crippen MR) is 98.1 cm³/mol. The van der Waals surface area contributed by atoms with Gasteiger partial charge in [0.05, 0.1) is 21.2 Å². The van der Waals surface area contributed by atoms with Gasteiger partial charge < -0.3 is 4.42 Å². The number of benzene rings is 2. The fourth-order valence-corrected chi connectivity index (χ4v) is 2.65. The molecule has 12 nitrogen and oxygen atoms in total. The summed E-state index contributed by atoms with van der Waals surface area (Å²) in [6, 6.07) is 11.6. The lowest BCUT2D eigenvalue weighted by Gasteiger charge is -2.02. The Kier molecular flexibility index (Phi) is 4.27. The molecule has 2 heterocycles. The minimum Gasteiger partial charge on any atom is -0.414 e. The molecular formula is C17H11N7O5. The van der Waals surface area contributed by atoms with E-state index >= 15 is 0 Å². The molecule has 4 aromatic rings. The van der Waals surface area contributed by atoms with Gasteiger partial charge in [-0.2, -0.15) is 0 Å². The molecule has 0 unspecified atom stereocenters. The first kappa shape index (κ1) is 17.9. The smallest absolute Gasteiger partial charge is 0.270 e. The van der Waals surface area contributed by atoms with Crippen LogP contribution in [-0.4, -0.2) is 35.0 Å². The van der Waals surface area contributed by atoms with Crippen molar-refractivity contribution in [3.63, 3.8) is 0 Å². The number of hydrogen-bond donors (Lipinski definition) is 0. The van der Waals surface area contributed by atoms with Crippen LogP contribution >= 0.6 is 0 Å². The van der Waals surface area contributed by atoms with Crippen LogP contribution in [-0.2, 0) is 0 Å².